The van der Waals surface area contributed by atoms with Gasteiger partial charge in [-0.1, -0.05) is 36.4 Å². The van der Waals surface area contributed by atoms with Crippen LogP contribution in [-0.2, 0) is 6.54 Å². The molecule has 0 atom stereocenters. The molecular formula is C24H22N7O2+. The molecule has 0 aliphatic rings. The van der Waals surface area contributed by atoms with Crippen LogP contribution in [0.4, 0.5) is 5.95 Å². The van der Waals surface area contributed by atoms with E-state index in [1.807, 2.05) is 56.3 Å². The molecule has 0 amide bonds. The van der Waals surface area contributed by atoms with Gasteiger partial charge in [0.2, 0.25) is 11.2 Å². The minimum atomic E-state index is -0.410. The average Bonchev–Trinajstić information content (AvgIpc) is 3.10. The Morgan fingerprint density at radius 1 is 0.970 bits per heavy atom. The number of hydrogen-bond acceptors (Lipinski definition) is 5. The maximum absolute atomic E-state index is 13.3. The molecule has 1 aromatic carbocycles. The number of pyridine rings is 2. The van der Waals surface area contributed by atoms with Crippen LogP contribution < -0.4 is 22.0 Å². The van der Waals surface area contributed by atoms with Crippen LogP contribution in [0.1, 0.15) is 17.1 Å². The molecule has 0 saturated heterocycles. The third kappa shape index (κ3) is 3.69. The molecule has 164 valence electrons. The Hall–Kier alpha value is -4.53. The minimum Gasteiger partial charge on any atom is -0.324 e. The van der Waals surface area contributed by atoms with Gasteiger partial charge in [0.25, 0.3) is 0 Å². The van der Waals surface area contributed by atoms with Crippen molar-refractivity contribution >= 4 is 11.6 Å². The zero-order valence-corrected chi connectivity index (χ0v) is 18.2. The van der Waals surface area contributed by atoms with E-state index in [1.165, 1.54) is 15.1 Å². The molecule has 0 bridgehead atoms. The second-order valence-electron chi connectivity index (χ2n) is 7.90. The highest BCUT2D eigenvalue weighted by atomic mass is 16.2. The molecule has 4 N–H and O–H groups in total. The van der Waals surface area contributed by atoms with E-state index in [-0.39, 0.29) is 18.1 Å². The highest BCUT2D eigenvalue weighted by molar-refractivity contribution is 5.88. The van der Waals surface area contributed by atoms with Crippen LogP contribution in [0.5, 0.6) is 0 Å². The van der Waals surface area contributed by atoms with Gasteiger partial charge >= 0.3 is 11.6 Å². The van der Waals surface area contributed by atoms with Crippen LogP contribution in [-0.4, -0.2) is 24.1 Å². The number of nitrogen functional groups attached to an aromatic ring is 1. The van der Waals surface area contributed by atoms with Crippen LogP contribution in [0.3, 0.4) is 0 Å². The third-order valence-corrected chi connectivity index (χ3v) is 5.39. The van der Waals surface area contributed by atoms with E-state index in [2.05, 4.69) is 20.1 Å². The number of rotatable bonds is 4. The van der Waals surface area contributed by atoms with E-state index in [4.69, 9.17) is 5.73 Å². The lowest BCUT2D eigenvalue weighted by Gasteiger charge is -2.10. The van der Waals surface area contributed by atoms with Gasteiger partial charge in [0, 0.05) is 28.7 Å². The molecule has 4 aromatic heterocycles. The van der Waals surface area contributed by atoms with Crippen molar-refractivity contribution in [2.75, 3.05) is 5.73 Å². The second kappa shape index (κ2) is 7.86. The molecule has 0 aliphatic heterocycles. The summed E-state index contributed by atoms with van der Waals surface area (Å²) in [5.41, 5.74) is 11.6. The number of aromatic nitrogens is 6. The van der Waals surface area contributed by atoms with E-state index in [1.54, 1.807) is 12.1 Å². The summed E-state index contributed by atoms with van der Waals surface area (Å²) in [4.78, 5) is 35.4. The normalized spacial score (nSPS) is 11.2. The van der Waals surface area contributed by atoms with Crippen molar-refractivity contribution in [2.24, 2.45) is 0 Å². The zero-order valence-electron chi connectivity index (χ0n) is 18.2. The monoisotopic (exact) mass is 440 g/mol. The second-order valence-corrected chi connectivity index (χ2v) is 7.90. The molecule has 4 heterocycles. The predicted molar refractivity (Wildman–Crippen MR) is 125 cm³/mol. The van der Waals surface area contributed by atoms with Crippen molar-refractivity contribution in [3.8, 4) is 22.4 Å². The summed E-state index contributed by atoms with van der Waals surface area (Å²) in [5.74, 6) is 0.160. The van der Waals surface area contributed by atoms with E-state index >= 15 is 0 Å². The number of nitrogens with one attached hydrogen (secondary N) is 2. The summed E-state index contributed by atoms with van der Waals surface area (Å²) in [6.07, 6.45) is 0. The Bertz CT molecular complexity index is 1590. The molecule has 0 radical (unpaired) electrons. The van der Waals surface area contributed by atoms with E-state index in [0.29, 0.717) is 11.3 Å². The fourth-order valence-electron chi connectivity index (χ4n) is 4.07. The third-order valence-electron chi connectivity index (χ3n) is 5.39. The predicted octanol–water partition coefficient (Wildman–Crippen LogP) is 1.97. The highest BCUT2D eigenvalue weighted by Crippen LogP contribution is 2.32. The lowest BCUT2D eigenvalue weighted by Crippen LogP contribution is -2.28. The van der Waals surface area contributed by atoms with Crippen molar-refractivity contribution in [3.63, 3.8) is 0 Å². The number of benzene rings is 1. The van der Waals surface area contributed by atoms with Gasteiger partial charge in [-0.2, -0.15) is 4.68 Å². The quantitative estimate of drug-likeness (QED) is 0.442. The van der Waals surface area contributed by atoms with Crippen molar-refractivity contribution < 1.29 is 4.98 Å². The summed E-state index contributed by atoms with van der Waals surface area (Å²) in [6.45, 7) is 3.95. The first kappa shape index (κ1) is 20.4. The number of fused-ring (bicyclic) bond motifs is 1. The van der Waals surface area contributed by atoms with Crippen LogP contribution in [0.15, 0.2) is 70.3 Å². The molecule has 0 fully saturated rings. The number of nitrogens with zero attached hydrogens (tertiary/aromatic N) is 4. The van der Waals surface area contributed by atoms with E-state index < -0.39 is 5.69 Å². The van der Waals surface area contributed by atoms with Gasteiger partial charge in [-0.05, 0) is 37.6 Å². The number of aryl methyl sites for hydroxylation is 2. The maximum atomic E-state index is 13.3. The first-order valence-corrected chi connectivity index (χ1v) is 10.4. The van der Waals surface area contributed by atoms with Gasteiger partial charge in [-0.25, -0.2) is 9.78 Å². The number of H-pyrrole nitrogens is 2. The molecule has 5 aromatic rings. The molecule has 5 rings (SSSR count). The van der Waals surface area contributed by atoms with E-state index in [0.717, 1.165) is 33.8 Å². The molecule has 0 spiro atoms. The molecule has 0 unspecified atom stereocenters. The van der Waals surface area contributed by atoms with Gasteiger partial charge in [-0.3, -0.25) is 15.5 Å². The molecule has 0 saturated carbocycles. The first-order valence-electron chi connectivity index (χ1n) is 10.4. The number of aromatic amines is 2. The molecule has 9 nitrogen and oxygen atoms in total. The smallest absolute Gasteiger partial charge is 0.324 e. The Kier molecular flexibility index (Phi) is 4.86. The van der Waals surface area contributed by atoms with Gasteiger partial charge < -0.3 is 4.98 Å². The standard InChI is InChI=1S/C24H21N7O2/c1-14-11-17(12-15(2)26-14)20-21(16-7-4-3-5-8-16)28-23(25)31-22(20)29-30(24(31)33)13-18-9-6-10-19(32)27-18/h3-12H,13H2,1-2H3,(H2,25,28)(H,27,32)/p+1. The number of nitrogens with two attached hydrogens (primary N) is 1. The topological polar surface area (TPSA) is 125 Å². The largest absolute Gasteiger partial charge is 0.411 e. The van der Waals surface area contributed by atoms with Gasteiger partial charge in [-0.15, -0.1) is 9.50 Å². The molecule has 0 aliphatic carbocycles. The minimum absolute atomic E-state index is 0.102. The fourth-order valence-corrected chi connectivity index (χ4v) is 4.07. The van der Waals surface area contributed by atoms with Crippen LogP contribution in [0.25, 0.3) is 28.0 Å². The van der Waals surface area contributed by atoms with Gasteiger partial charge in [0.15, 0.2) is 0 Å². The summed E-state index contributed by atoms with van der Waals surface area (Å²) in [7, 11) is 0. The SMILES string of the molecule is Cc1cc(-c2c(-c3ccccc3)[nH+]c(N)n3c(=O)n(Cc4cccc(=O)[nH]4)nc23)cc(C)n1. The fraction of sp³-hybridized carbons (Fsp3) is 0.125. The van der Waals surface area contributed by atoms with Crippen molar-refractivity contribution in [3.05, 3.63) is 98.6 Å². The maximum Gasteiger partial charge on any atom is 0.411 e. The van der Waals surface area contributed by atoms with Crippen molar-refractivity contribution in [2.45, 2.75) is 20.4 Å². The molecular weight excluding hydrogens is 418 g/mol. The van der Waals surface area contributed by atoms with Gasteiger partial charge in [0.1, 0.15) is 5.69 Å². The van der Waals surface area contributed by atoms with Crippen LogP contribution >= 0.6 is 0 Å². The summed E-state index contributed by atoms with van der Waals surface area (Å²) >= 11 is 0. The Morgan fingerprint density at radius 3 is 2.39 bits per heavy atom. The summed E-state index contributed by atoms with van der Waals surface area (Å²) in [5, 5.41) is 4.64. The Balaban J connectivity index is 1.83. The van der Waals surface area contributed by atoms with Crippen LogP contribution in [0.2, 0.25) is 0 Å². The summed E-state index contributed by atoms with van der Waals surface area (Å²) < 4.78 is 2.65. The average molecular weight is 440 g/mol. The van der Waals surface area contributed by atoms with Crippen molar-refractivity contribution in [1.82, 2.24) is 24.1 Å². The highest BCUT2D eigenvalue weighted by Gasteiger charge is 2.26. The number of anilines is 1. The van der Waals surface area contributed by atoms with Crippen LogP contribution in [0, 0.1) is 13.8 Å². The molecule has 9 heteroatoms. The Labute approximate surface area is 188 Å². The number of hydrogen-bond donors (Lipinski definition) is 2. The zero-order chi connectivity index (χ0) is 23.1. The lowest BCUT2D eigenvalue weighted by molar-refractivity contribution is -0.351. The Morgan fingerprint density at radius 2 is 1.70 bits per heavy atom. The summed E-state index contributed by atoms with van der Waals surface area (Å²) in [6, 6.07) is 18.4. The van der Waals surface area contributed by atoms with Gasteiger partial charge in [0.05, 0.1) is 12.1 Å². The first-order chi connectivity index (χ1) is 15.9. The molecule has 33 heavy (non-hydrogen) atoms. The lowest BCUT2D eigenvalue weighted by atomic mass is 9.99. The van der Waals surface area contributed by atoms with E-state index in [9.17, 15) is 9.59 Å². The van der Waals surface area contributed by atoms with Crippen molar-refractivity contribution in [1.29, 1.82) is 0 Å².